The molecule has 0 aliphatic rings. The summed E-state index contributed by atoms with van der Waals surface area (Å²) in [5, 5.41) is 3.03. The third-order valence-electron chi connectivity index (χ3n) is 1.52. The van der Waals surface area contributed by atoms with E-state index < -0.39 is 0 Å². The highest BCUT2D eigenvalue weighted by Crippen LogP contribution is 2.01. The molecule has 0 spiro atoms. The van der Waals surface area contributed by atoms with E-state index >= 15 is 0 Å². The quantitative estimate of drug-likeness (QED) is 0.611. The van der Waals surface area contributed by atoms with E-state index in [9.17, 15) is 4.79 Å². The van der Waals surface area contributed by atoms with E-state index in [1.165, 1.54) is 0 Å². The maximum atomic E-state index is 10.1. The summed E-state index contributed by atoms with van der Waals surface area (Å²) in [6.07, 6.45) is 1.14. The average molecular weight is 207 g/mol. The Kier molecular flexibility index (Phi) is 7.77. The van der Waals surface area contributed by atoms with Gasteiger partial charge in [-0.15, -0.1) is 0 Å². The van der Waals surface area contributed by atoms with E-state index in [0.717, 1.165) is 11.8 Å². The highest BCUT2D eigenvalue weighted by atomic mass is 16.5. The predicted molar refractivity (Wildman–Crippen MR) is 62.8 cm³/mol. The standard InChI is InChI=1S/C7H9N.C5H8O2/c1-8-7-5-3-2-4-6-7;1-3-5(6)7-4-2/h2-6,8H,1H3;3H,1,4H2,2H3. The number of carbonyl (C=O) groups excluding carboxylic acids is 1. The predicted octanol–water partition coefficient (Wildman–Crippen LogP) is 2.46. The molecule has 3 heteroatoms. The lowest BCUT2D eigenvalue weighted by atomic mass is 10.3. The molecule has 1 aromatic rings. The minimum atomic E-state index is -0.359. The summed E-state index contributed by atoms with van der Waals surface area (Å²) in [5.74, 6) is -0.359. The molecule has 15 heavy (non-hydrogen) atoms. The maximum absolute atomic E-state index is 10.1. The molecule has 0 aliphatic heterocycles. The molecule has 0 saturated carbocycles. The molecule has 1 rings (SSSR count). The van der Waals surface area contributed by atoms with E-state index in [2.05, 4.69) is 16.6 Å². The number of esters is 1. The van der Waals surface area contributed by atoms with Crippen molar-refractivity contribution in [1.82, 2.24) is 0 Å². The van der Waals surface area contributed by atoms with Crippen molar-refractivity contribution in [2.45, 2.75) is 6.92 Å². The fourth-order valence-corrected chi connectivity index (χ4v) is 0.806. The molecular formula is C12H17NO2. The Labute approximate surface area is 90.8 Å². The Balaban J connectivity index is 0.000000265. The van der Waals surface area contributed by atoms with Gasteiger partial charge in [0.1, 0.15) is 0 Å². The first-order valence-electron chi connectivity index (χ1n) is 4.76. The number of rotatable bonds is 3. The Bertz CT molecular complexity index is 283. The normalized spacial score (nSPS) is 8.13. The van der Waals surface area contributed by atoms with Crippen LogP contribution in [0.15, 0.2) is 43.0 Å². The number of hydrogen-bond donors (Lipinski definition) is 1. The van der Waals surface area contributed by atoms with Crippen molar-refractivity contribution in [2.75, 3.05) is 19.0 Å². The summed E-state index contributed by atoms with van der Waals surface area (Å²) in [5.41, 5.74) is 1.16. The molecule has 1 N–H and O–H groups in total. The Morgan fingerprint density at radius 3 is 2.33 bits per heavy atom. The van der Waals surface area contributed by atoms with E-state index in [1.54, 1.807) is 6.92 Å². The van der Waals surface area contributed by atoms with Crippen molar-refractivity contribution >= 4 is 11.7 Å². The lowest BCUT2D eigenvalue weighted by molar-refractivity contribution is -0.137. The number of ether oxygens (including phenoxy) is 1. The zero-order chi connectivity index (χ0) is 11.5. The third kappa shape index (κ3) is 7.31. The van der Waals surface area contributed by atoms with Gasteiger partial charge in [0.25, 0.3) is 0 Å². The number of hydrogen-bond acceptors (Lipinski definition) is 3. The molecule has 1 aromatic carbocycles. The van der Waals surface area contributed by atoms with Gasteiger partial charge >= 0.3 is 5.97 Å². The molecule has 0 amide bonds. The zero-order valence-corrected chi connectivity index (χ0v) is 9.19. The first-order chi connectivity index (χ1) is 7.24. The largest absolute Gasteiger partial charge is 0.463 e. The third-order valence-corrected chi connectivity index (χ3v) is 1.52. The van der Waals surface area contributed by atoms with Crippen LogP contribution in [0.2, 0.25) is 0 Å². The molecule has 82 valence electrons. The second-order valence-electron chi connectivity index (χ2n) is 2.57. The van der Waals surface area contributed by atoms with Crippen molar-refractivity contribution in [3.8, 4) is 0 Å². The van der Waals surface area contributed by atoms with Gasteiger partial charge in [0.05, 0.1) is 6.61 Å². The van der Waals surface area contributed by atoms with E-state index in [1.807, 2.05) is 37.4 Å². The van der Waals surface area contributed by atoms with E-state index in [4.69, 9.17) is 0 Å². The van der Waals surface area contributed by atoms with Crippen LogP contribution in [-0.4, -0.2) is 19.6 Å². The summed E-state index contributed by atoms with van der Waals surface area (Å²) in [7, 11) is 1.91. The number of benzene rings is 1. The van der Waals surface area contributed by atoms with E-state index in [-0.39, 0.29) is 5.97 Å². The van der Waals surface area contributed by atoms with Gasteiger partial charge in [-0.3, -0.25) is 0 Å². The second kappa shape index (κ2) is 8.81. The van der Waals surface area contributed by atoms with Crippen molar-refractivity contribution in [2.24, 2.45) is 0 Å². The number of nitrogens with one attached hydrogen (secondary N) is 1. The minimum absolute atomic E-state index is 0.359. The molecule has 0 radical (unpaired) electrons. The fraction of sp³-hybridized carbons (Fsp3) is 0.250. The van der Waals surface area contributed by atoms with Gasteiger partial charge in [-0.25, -0.2) is 4.79 Å². The summed E-state index contributed by atoms with van der Waals surface area (Å²) in [6, 6.07) is 10.1. The van der Waals surface area contributed by atoms with Crippen LogP contribution in [0.25, 0.3) is 0 Å². The smallest absolute Gasteiger partial charge is 0.330 e. The summed E-state index contributed by atoms with van der Waals surface area (Å²) >= 11 is 0. The molecule has 0 fully saturated rings. The molecule has 0 atom stereocenters. The highest BCUT2D eigenvalue weighted by Gasteiger charge is 1.86. The molecule has 0 saturated heterocycles. The molecule has 3 nitrogen and oxygen atoms in total. The lowest BCUT2D eigenvalue weighted by Crippen LogP contribution is -1.97. The van der Waals surface area contributed by atoms with Crippen LogP contribution in [0.1, 0.15) is 6.92 Å². The Morgan fingerprint density at radius 2 is 2.07 bits per heavy atom. The summed E-state index contributed by atoms with van der Waals surface area (Å²) < 4.78 is 4.43. The molecule has 0 bridgehead atoms. The van der Waals surface area contributed by atoms with Crippen molar-refractivity contribution in [3.05, 3.63) is 43.0 Å². The Hall–Kier alpha value is -1.77. The number of para-hydroxylation sites is 1. The van der Waals surface area contributed by atoms with Crippen molar-refractivity contribution < 1.29 is 9.53 Å². The van der Waals surface area contributed by atoms with Crippen LogP contribution < -0.4 is 5.32 Å². The van der Waals surface area contributed by atoms with Crippen LogP contribution in [0.3, 0.4) is 0 Å². The minimum Gasteiger partial charge on any atom is -0.463 e. The van der Waals surface area contributed by atoms with Gasteiger partial charge in [0.2, 0.25) is 0 Å². The van der Waals surface area contributed by atoms with Crippen LogP contribution in [0, 0.1) is 0 Å². The zero-order valence-electron chi connectivity index (χ0n) is 9.19. The van der Waals surface area contributed by atoms with Crippen LogP contribution in [0.4, 0.5) is 5.69 Å². The summed E-state index contributed by atoms with van der Waals surface area (Å²) in [4.78, 5) is 10.1. The monoisotopic (exact) mass is 207 g/mol. The van der Waals surface area contributed by atoms with Gasteiger partial charge in [-0.1, -0.05) is 24.8 Å². The van der Waals surface area contributed by atoms with Crippen molar-refractivity contribution in [1.29, 1.82) is 0 Å². The van der Waals surface area contributed by atoms with E-state index in [0.29, 0.717) is 6.61 Å². The summed E-state index contributed by atoms with van der Waals surface area (Å²) in [6.45, 7) is 5.38. The highest BCUT2D eigenvalue weighted by molar-refractivity contribution is 5.81. The molecular weight excluding hydrogens is 190 g/mol. The van der Waals surface area contributed by atoms with Gasteiger partial charge in [-0.05, 0) is 19.1 Å². The van der Waals surface area contributed by atoms with Crippen LogP contribution in [-0.2, 0) is 9.53 Å². The molecule has 0 heterocycles. The van der Waals surface area contributed by atoms with Crippen LogP contribution in [0.5, 0.6) is 0 Å². The lowest BCUT2D eigenvalue weighted by Gasteiger charge is -1.94. The van der Waals surface area contributed by atoms with Gasteiger partial charge in [0.15, 0.2) is 0 Å². The molecule has 0 aliphatic carbocycles. The van der Waals surface area contributed by atoms with Crippen molar-refractivity contribution in [3.63, 3.8) is 0 Å². The average Bonchev–Trinajstić information content (AvgIpc) is 2.31. The topological polar surface area (TPSA) is 38.3 Å². The van der Waals surface area contributed by atoms with Gasteiger partial charge < -0.3 is 10.1 Å². The van der Waals surface area contributed by atoms with Crippen LogP contribution >= 0.6 is 0 Å². The van der Waals surface area contributed by atoms with Gasteiger partial charge in [-0.2, -0.15) is 0 Å². The maximum Gasteiger partial charge on any atom is 0.330 e. The molecule has 0 aromatic heterocycles. The second-order valence-corrected chi connectivity index (χ2v) is 2.57. The number of carbonyl (C=O) groups is 1. The Morgan fingerprint density at radius 1 is 1.47 bits per heavy atom. The molecule has 0 unspecified atom stereocenters. The SMILES string of the molecule is C=CC(=O)OCC.CNc1ccccc1. The number of anilines is 1. The first-order valence-corrected chi connectivity index (χ1v) is 4.76. The fourth-order valence-electron chi connectivity index (χ4n) is 0.806. The van der Waals surface area contributed by atoms with Gasteiger partial charge in [0, 0.05) is 18.8 Å². The first kappa shape index (κ1) is 13.2.